The summed E-state index contributed by atoms with van der Waals surface area (Å²) < 4.78 is 2.01. The predicted molar refractivity (Wildman–Crippen MR) is 136 cm³/mol. The first-order valence-corrected chi connectivity index (χ1v) is 11.7. The summed E-state index contributed by atoms with van der Waals surface area (Å²) in [6.07, 6.45) is 1.77. The van der Waals surface area contributed by atoms with Crippen LogP contribution in [0.1, 0.15) is 12.5 Å². The van der Waals surface area contributed by atoms with E-state index in [1.165, 1.54) is 23.9 Å². The monoisotopic (exact) mass is 492 g/mol. The fourth-order valence-corrected chi connectivity index (χ4v) is 4.50. The van der Waals surface area contributed by atoms with E-state index < -0.39 is 10.2 Å². The Morgan fingerprint density at radius 3 is 2.47 bits per heavy atom. The van der Waals surface area contributed by atoms with Crippen molar-refractivity contribution < 1.29 is 9.72 Å². The summed E-state index contributed by atoms with van der Waals surface area (Å²) in [5.41, 5.74) is 3.80. The van der Waals surface area contributed by atoms with Crippen LogP contribution in [0.4, 0.5) is 11.4 Å². The topological polar surface area (TPSA) is 90.1 Å². The number of nitrogens with one attached hydrogen (secondary N) is 1. The molecule has 0 saturated heterocycles. The van der Waals surface area contributed by atoms with E-state index >= 15 is 0 Å². The molecule has 0 unspecified atom stereocenters. The number of hydrogen-bond acceptors (Lipinski definition) is 5. The summed E-state index contributed by atoms with van der Waals surface area (Å²) in [5, 5.41) is 14.7. The summed E-state index contributed by atoms with van der Waals surface area (Å²) in [5.74, 6) is -0.355. The smallest absolute Gasteiger partial charge is 0.292 e. The van der Waals surface area contributed by atoms with Crippen LogP contribution in [0.2, 0.25) is 5.02 Å². The number of aromatic nitrogens is 2. The number of hydrogen-bond donors (Lipinski definition) is 1. The van der Waals surface area contributed by atoms with Gasteiger partial charge >= 0.3 is 0 Å². The van der Waals surface area contributed by atoms with Crippen LogP contribution < -0.4 is 5.32 Å². The number of rotatable bonds is 7. The molecular weight excluding hydrogens is 472 g/mol. The minimum absolute atomic E-state index is 0.153. The molecule has 0 bridgehead atoms. The van der Waals surface area contributed by atoms with Gasteiger partial charge < -0.3 is 5.32 Å². The molecule has 0 spiro atoms. The maximum absolute atomic E-state index is 12.9. The van der Waals surface area contributed by atoms with Crippen molar-refractivity contribution in [2.24, 2.45) is 0 Å². The summed E-state index contributed by atoms with van der Waals surface area (Å²) in [4.78, 5) is 28.3. The lowest BCUT2D eigenvalue weighted by atomic mass is 10.1. The molecule has 172 valence electrons. The molecule has 1 atom stereocenters. The van der Waals surface area contributed by atoms with Gasteiger partial charge in [-0.3, -0.25) is 19.5 Å². The van der Waals surface area contributed by atoms with Crippen molar-refractivity contribution >= 4 is 40.6 Å². The number of nitro benzene ring substituents is 1. The van der Waals surface area contributed by atoms with Gasteiger partial charge in [0.05, 0.1) is 27.8 Å². The number of benzene rings is 3. The quantitative estimate of drug-likeness (QED) is 0.180. The van der Waals surface area contributed by atoms with Gasteiger partial charge in [0.25, 0.3) is 5.69 Å². The normalized spacial score (nSPS) is 11.7. The third-order valence-electron chi connectivity index (χ3n) is 5.24. The second-order valence-corrected chi connectivity index (χ2v) is 9.32. The summed E-state index contributed by atoms with van der Waals surface area (Å²) >= 11 is 7.35. The van der Waals surface area contributed by atoms with Gasteiger partial charge in [-0.05, 0) is 43.7 Å². The molecule has 9 heteroatoms. The van der Waals surface area contributed by atoms with Crippen molar-refractivity contribution in [3.05, 3.63) is 99.7 Å². The number of imidazole rings is 1. The van der Waals surface area contributed by atoms with Gasteiger partial charge in [0.2, 0.25) is 5.91 Å². The number of aryl methyl sites for hydroxylation is 1. The fraction of sp³-hybridized carbons (Fsp3) is 0.120. The van der Waals surface area contributed by atoms with Gasteiger partial charge in [0.1, 0.15) is 5.69 Å². The first-order chi connectivity index (χ1) is 16.3. The van der Waals surface area contributed by atoms with E-state index in [1.54, 1.807) is 25.3 Å². The van der Waals surface area contributed by atoms with Gasteiger partial charge in [-0.25, -0.2) is 4.98 Å². The van der Waals surface area contributed by atoms with Crippen LogP contribution in [0.5, 0.6) is 0 Å². The highest BCUT2D eigenvalue weighted by molar-refractivity contribution is 8.00. The molecule has 0 aliphatic rings. The summed E-state index contributed by atoms with van der Waals surface area (Å²) in [6.45, 7) is 3.76. The van der Waals surface area contributed by atoms with Crippen LogP contribution in [0.3, 0.4) is 0 Å². The molecule has 3 aromatic carbocycles. The highest BCUT2D eigenvalue weighted by Gasteiger charge is 2.23. The maximum atomic E-state index is 12.9. The molecule has 4 aromatic rings. The Labute approximate surface area is 205 Å². The molecule has 7 nitrogen and oxygen atoms in total. The Kier molecular flexibility index (Phi) is 7.00. The molecule has 0 fully saturated rings. The van der Waals surface area contributed by atoms with Gasteiger partial charge in [0.15, 0.2) is 5.16 Å². The summed E-state index contributed by atoms with van der Waals surface area (Å²) in [6, 6.07) is 21.5. The Morgan fingerprint density at radius 1 is 1.09 bits per heavy atom. The molecule has 0 saturated carbocycles. The zero-order valence-electron chi connectivity index (χ0n) is 18.4. The average molecular weight is 493 g/mol. The van der Waals surface area contributed by atoms with Gasteiger partial charge in [-0.1, -0.05) is 65.8 Å². The van der Waals surface area contributed by atoms with E-state index in [4.69, 9.17) is 11.6 Å². The van der Waals surface area contributed by atoms with Crippen LogP contribution in [0.25, 0.3) is 16.9 Å². The van der Waals surface area contributed by atoms with Crippen molar-refractivity contribution in [2.75, 3.05) is 5.32 Å². The number of amides is 1. The van der Waals surface area contributed by atoms with Gasteiger partial charge in [0, 0.05) is 16.7 Å². The van der Waals surface area contributed by atoms with Crippen LogP contribution in [0.15, 0.2) is 84.1 Å². The zero-order chi connectivity index (χ0) is 24.2. The van der Waals surface area contributed by atoms with E-state index in [1.807, 2.05) is 60.0 Å². The Balaban J connectivity index is 1.67. The molecule has 0 aliphatic heterocycles. The Morgan fingerprint density at radius 2 is 1.76 bits per heavy atom. The van der Waals surface area contributed by atoms with E-state index in [9.17, 15) is 14.9 Å². The van der Waals surface area contributed by atoms with Crippen LogP contribution in [0, 0.1) is 17.0 Å². The molecule has 0 radical (unpaired) electrons. The van der Waals surface area contributed by atoms with Crippen molar-refractivity contribution in [1.82, 2.24) is 9.55 Å². The lowest BCUT2D eigenvalue weighted by molar-refractivity contribution is -0.383. The standard InChI is InChI=1S/C25H21ClN4O3S/c1-16-7-3-5-9-21(16)29-23(18-11-13-19(26)14-12-18)15-27-25(29)34-17(2)24(31)28-20-8-4-6-10-22(20)30(32)33/h3-15,17H,1-2H3,(H,28,31)/t17-/m0/s1. The minimum atomic E-state index is -0.567. The molecule has 1 N–H and O–H groups in total. The number of thioether (sulfide) groups is 1. The zero-order valence-corrected chi connectivity index (χ0v) is 20.0. The Hall–Kier alpha value is -3.62. The van der Waals surface area contributed by atoms with Gasteiger partial charge in [-0.15, -0.1) is 0 Å². The fourth-order valence-electron chi connectivity index (χ4n) is 3.47. The molecule has 34 heavy (non-hydrogen) atoms. The van der Waals surface area contributed by atoms with Crippen LogP contribution in [-0.2, 0) is 4.79 Å². The molecule has 4 rings (SSSR count). The predicted octanol–water partition coefficient (Wildman–Crippen LogP) is 6.53. The van der Waals surface area contributed by atoms with Crippen molar-refractivity contribution in [3.8, 4) is 16.9 Å². The number of carbonyl (C=O) groups excluding carboxylic acids is 1. The third kappa shape index (κ3) is 4.98. The summed E-state index contributed by atoms with van der Waals surface area (Å²) in [7, 11) is 0. The van der Waals surface area contributed by atoms with Crippen molar-refractivity contribution in [2.45, 2.75) is 24.3 Å². The van der Waals surface area contributed by atoms with E-state index in [-0.39, 0.29) is 17.3 Å². The van der Waals surface area contributed by atoms with E-state index in [2.05, 4.69) is 10.3 Å². The maximum Gasteiger partial charge on any atom is 0.292 e. The second-order valence-electron chi connectivity index (χ2n) is 7.58. The second kappa shape index (κ2) is 10.1. The van der Waals surface area contributed by atoms with Crippen molar-refractivity contribution in [1.29, 1.82) is 0 Å². The number of carbonyl (C=O) groups is 1. The van der Waals surface area contributed by atoms with E-state index in [0.29, 0.717) is 10.2 Å². The van der Waals surface area contributed by atoms with Crippen molar-refractivity contribution in [3.63, 3.8) is 0 Å². The number of anilines is 1. The van der Waals surface area contributed by atoms with Crippen LogP contribution >= 0.6 is 23.4 Å². The molecule has 0 aliphatic carbocycles. The number of nitro groups is 1. The lowest BCUT2D eigenvalue weighted by Gasteiger charge is -2.17. The molecule has 1 aromatic heterocycles. The number of para-hydroxylation sites is 3. The molecule has 1 heterocycles. The number of halogens is 1. The molecular formula is C25H21ClN4O3S. The first-order valence-electron chi connectivity index (χ1n) is 10.5. The SMILES string of the molecule is Cc1ccccc1-n1c(-c2ccc(Cl)cc2)cnc1S[C@@H](C)C(=O)Nc1ccccc1[N+](=O)[O-]. The highest BCUT2D eigenvalue weighted by atomic mass is 35.5. The van der Waals surface area contributed by atoms with E-state index in [0.717, 1.165) is 22.5 Å². The minimum Gasteiger partial charge on any atom is -0.319 e. The van der Waals surface area contributed by atoms with Crippen LogP contribution in [-0.4, -0.2) is 25.6 Å². The third-order valence-corrected chi connectivity index (χ3v) is 6.55. The van der Waals surface area contributed by atoms with Gasteiger partial charge in [-0.2, -0.15) is 0 Å². The first kappa shape index (κ1) is 23.5. The Bertz CT molecular complexity index is 1350. The largest absolute Gasteiger partial charge is 0.319 e. The average Bonchev–Trinajstić information content (AvgIpc) is 3.23. The molecule has 1 amide bonds. The number of nitrogens with zero attached hydrogens (tertiary/aromatic N) is 3. The lowest BCUT2D eigenvalue weighted by Crippen LogP contribution is -2.23. The highest BCUT2D eigenvalue weighted by Crippen LogP contribution is 2.34.